The number of hydrogen-bond acceptors (Lipinski definition) is 7. The molecule has 0 aliphatic heterocycles. The van der Waals surface area contributed by atoms with E-state index in [1.165, 1.54) is 16.5 Å². The number of carbonyl (C=O) groups excluding carboxylic acids is 3. The van der Waals surface area contributed by atoms with E-state index in [4.69, 9.17) is 10.5 Å². The highest BCUT2D eigenvalue weighted by molar-refractivity contribution is 5.85. The van der Waals surface area contributed by atoms with E-state index < -0.39 is 59.8 Å². The van der Waals surface area contributed by atoms with Crippen LogP contribution in [0.4, 0.5) is 22.0 Å². The summed E-state index contributed by atoms with van der Waals surface area (Å²) in [6, 6.07) is 11.4. The van der Waals surface area contributed by atoms with Gasteiger partial charge in [-0.15, -0.1) is 0 Å². The van der Waals surface area contributed by atoms with Crippen molar-refractivity contribution in [2.24, 2.45) is 11.1 Å². The van der Waals surface area contributed by atoms with Crippen LogP contribution in [0, 0.1) is 17.0 Å². The third kappa shape index (κ3) is 9.33. The molecule has 1 amide bonds. The lowest BCUT2D eigenvalue weighted by Gasteiger charge is -2.40. The van der Waals surface area contributed by atoms with E-state index >= 15 is 0 Å². The lowest BCUT2D eigenvalue weighted by atomic mass is 9.81. The van der Waals surface area contributed by atoms with E-state index in [9.17, 15) is 36.3 Å². The predicted molar refractivity (Wildman–Crippen MR) is 153 cm³/mol. The van der Waals surface area contributed by atoms with Crippen molar-refractivity contribution in [3.63, 3.8) is 0 Å². The number of nitrogens with zero attached hydrogens (tertiary/aromatic N) is 3. The fraction of sp³-hybridized carbons (Fsp3) is 0.419. The molecule has 244 valence electrons. The van der Waals surface area contributed by atoms with Gasteiger partial charge in [0.05, 0.1) is 11.7 Å². The molecule has 0 bridgehead atoms. The smallest absolute Gasteiger partial charge is 0.450 e. The third-order valence-electron chi connectivity index (χ3n) is 6.70. The molecule has 2 atom stereocenters. The maximum Gasteiger partial charge on any atom is 0.490 e. The number of aromatic nitrogens is 2. The number of nitrogens with two attached hydrogens (primary N) is 1. The Bertz CT molecular complexity index is 1490. The Labute approximate surface area is 257 Å². The van der Waals surface area contributed by atoms with Crippen LogP contribution in [0.1, 0.15) is 57.0 Å². The summed E-state index contributed by atoms with van der Waals surface area (Å²) in [7, 11) is 0. The summed E-state index contributed by atoms with van der Waals surface area (Å²) in [5.41, 5.74) is 6.70. The highest BCUT2D eigenvalue weighted by Gasteiger charge is 2.42. The third-order valence-corrected chi connectivity index (χ3v) is 6.70. The van der Waals surface area contributed by atoms with Crippen LogP contribution in [0.5, 0.6) is 0 Å². The van der Waals surface area contributed by atoms with Gasteiger partial charge in [-0.05, 0) is 43.0 Å². The van der Waals surface area contributed by atoms with Gasteiger partial charge in [0.2, 0.25) is 0 Å². The first-order valence-corrected chi connectivity index (χ1v) is 14.0. The van der Waals surface area contributed by atoms with Crippen molar-refractivity contribution < 1.29 is 45.8 Å². The quantitative estimate of drug-likeness (QED) is 0.218. The summed E-state index contributed by atoms with van der Waals surface area (Å²) < 4.78 is 76.6. The van der Waals surface area contributed by atoms with Gasteiger partial charge >= 0.3 is 18.1 Å². The Balaban J connectivity index is 2.05. The highest BCUT2D eigenvalue weighted by atomic mass is 19.4. The van der Waals surface area contributed by atoms with Crippen molar-refractivity contribution in [3.8, 4) is 5.69 Å². The molecule has 2 N–H and O–H groups in total. The fourth-order valence-corrected chi connectivity index (χ4v) is 4.76. The SMILES string of the molecule is C[C@H](OC(=O)COC(=O)C(F)(F)F)C(=O)N(CCCN)[C@@H](c1nn(-c2cc(F)ccc2F)cc1Cc1ccccc1)C(C)(C)C. The molecule has 0 aliphatic carbocycles. The standard InChI is InChI=1S/C31H35F5N4O5/c1-19(45-25(41)18-44-29(43)31(34,35)36)28(42)39(14-8-13-37)27(30(2,3)4)26-21(15-20-9-6-5-7-10-20)17-40(38-26)24-16-22(32)11-12-23(24)33/h5-7,9-12,16-17,19,27H,8,13-15,18,37H2,1-4H3/t19-,27-/m0/s1. The number of alkyl halides is 3. The summed E-state index contributed by atoms with van der Waals surface area (Å²) >= 11 is 0. The van der Waals surface area contributed by atoms with E-state index in [0.29, 0.717) is 24.1 Å². The molecule has 0 aliphatic rings. The van der Waals surface area contributed by atoms with Gasteiger partial charge in [0.25, 0.3) is 5.91 Å². The first-order valence-electron chi connectivity index (χ1n) is 14.0. The van der Waals surface area contributed by atoms with Crippen LogP contribution in [-0.4, -0.2) is 64.5 Å². The average Bonchev–Trinajstić information content (AvgIpc) is 3.36. The Morgan fingerprint density at radius 1 is 1.04 bits per heavy atom. The number of halogens is 5. The van der Waals surface area contributed by atoms with E-state index in [1.54, 1.807) is 6.20 Å². The normalized spacial score (nSPS) is 13.2. The molecule has 14 heteroatoms. The van der Waals surface area contributed by atoms with Crippen LogP contribution in [0.25, 0.3) is 5.69 Å². The number of benzene rings is 2. The molecule has 0 fully saturated rings. The van der Waals surface area contributed by atoms with Crippen LogP contribution in [0.2, 0.25) is 0 Å². The number of ether oxygens (including phenoxy) is 2. The first kappa shape index (κ1) is 35.2. The summed E-state index contributed by atoms with van der Waals surface area (Å²) in [4.78, 5) is 38.4. The maximum absolute atomic E-state index is 14.9. The van der Waals surface area contributed by atoms with Crippen molar-refractivity contribution in [1.29, 1.82) is 0 Å². The van der Waals surface area contributed by atoms with Gasteiger partial charge in [0, 0.05) is 30.8 Å². The first-order chi connectivity index (χ1) is 21.0. The van der Waals surface area contributed by atoms with Crippen LogP contribution in [0.3, 0.4) is 0 Å². The molecule has 2 aromatic carbocycles. The molecular weight excluding hydrogens is 603 g/mol. The predicted octanol–water partition coefficient (Wildman–Crippen LogP) is 5.04. The number of carbonyl (C=O) groups is 3. The van der Waals surface area contributed by atoms with Crippen LogP contribution in [-0.2, 0) is 30.3 Å². The number of hydrogen-bond donors (Lipinski definition) is 1. The zero-order chi connectivity index (χ0) is 33.5. The molecule has 1 heterocycles. The number of rotatable bonds is 12. The second-order valence-corrected chi connectivity index (χ2v) is 11.4. The summed E-state index contributed by atoms with van der Waals surface area (Å²) in [5, 5.41) is 4.66. The number of amides is 1. The zero-order valence-electron chi connectivity index (χ0n) is 25.2. The van der Waals surface area contributed by atoms with Crippen molar-refractivity contribution in [3.05, 3.63) is 83.2 Å². The minimum absolute atomic E-state index is 0.0637. The molecule has 0 spiro atoms. The molecule has 0 saturated carbocycles. The van der Waals surface area contributed by atoms with Crippen LogP contribution >= 0.6 is 0 Å². The van der Waals surface area contributed by atoms with E-state index in [2.05, 4.69) is 9.84 Å². The van der Waals surface area contributed by atoms with Crippen molar-refractivity contribution in [2.45, 2.75) is 58.9 Å². The van der Waals surface area contributed by atoms with Crippen molar-refractivity contribution >= 4 is 17.8 Å². The average molecular weight is 639 g/mol. The minimum atomic E-state index is -5.31. The zero-order valence-corrected chi connectivity index (χ0v) is 25.2. The highest BCUT2D eigenvalue weighted by Crippen LogP contribution is 2.40. The maximum atomic E-state index is 14.9. The Hall–Kier alpha value is -4.33. The van der Waals surface area contributed by atoms with E-state index in [-0.39, 0.29) is 18.8 Å². The van der Waals surface area contributed by atoms with Gasteiger partial charge < -0.3 is 20.1 Å². The van der Waals surface area contributed by atoms with Gasteiger partial charge in [-0.3, -0.25) is 4.79 Å². The number of esters is 2. The fourth-order valence-electron chi connectivity index (χ4n) is 4.76. The van der Waals surface area contributed by atoms with Gasteiger partial charge in [-0.1, -0.05) is 51.1 Å². The molecule has 0 radical (unpaired) electrons. The van der Waals surface area contributed by atoms with Gasteiger partial charge in [0.15, 0.2) is 12.7 Å². The van der Waals surface area contributed by atoms with Crippen molar-refractivity contribution in [2.75, 3.05) is 19.7 Å². The molecule has 45 heavy (non-hydrogen) atoms. The van der Waals surface area contributed by atoms with Crippen LogP contribution < -0.4 is 5.73 Å². The Morgan fingerprint density at radius 3 is 2.31 bits per heavy atom. The molecule has 3 rings (SSSR count). The molecule has 0 unspecified atom stereocenters. The Kier molecular flexibility index (Phi) is 11.4. The van der Waals surface area contributed by atoms with Crippen LogP contribution in [0.15, 0.2) is 54.7 Å². The molecule has 9 nitrogen and oxygen atoms in total. The van der Waals surface area contributed by atoms with Gasteiger partial charge in [-0.25, -0.2) is 23.1 Å². The second-order valence-electron chi connectivity index (χ2n) is 11.4. The summed E-state index contributed by atoms with van der Waals surface area (Å²) in [6.07, 6.45) is -4.63. The lowest BCUT2D eigenvalue weighted by molar-refractivity contribution is -0.202. The monoisotopic (exact) mass is 638 g/mol. The minimum Gasteiger partial charge on any atom is -0.450 e. The van der Waals surface area contributed by atoms with Gasteiger partial charge in [0.1, 0.15) is 17.3 Å². The largest absolute Gasteiger partial charge is 0.490 e. The van der Waals surface area contributed by atoms with E-state index in [0.717, 1.165) is 23.8 Å². The summed E-state index contributed by atoms with van der Waals surface area (Å²) in [5.74, 6) is -6.08. The Morgan fingerprint density at radius 2 is 1.71 bits per heavy atom. The van der Waals surface area contributed by atoms with Crippen molar-refractivity contribution in [1.82, 2.24) is 14.7 Å². The summed E-state index contributed by atoms with van der Waals surface area (Å²) in [6.45, 7) is 5.63. The topological polar surface area (TPSA) is 117 Å². The molecule has 3 aromatic rings. The molecule has 0 saturated heterocycles. The second kappa shape index (κ2) is 14.6. The molecular formula is C31H35F5N4O5. The molecule has 1 aromatic heterocycles. The van der Waals surface area contributed by atoms with E-state index in [1.807, 2.05) is 51.1 Å². The lowest BCUT2D eigenvalue weighted by Crippen LogP contribution is -2.47. The van der Waals surface area contributed by atoms with Gasteiger partial charge in [-0.2, -0.15) is 18.3 Å².